The predicted molar refractivity (Wildman–Crippen MR) is 68.8 cm³/mol. The molecular weight excluding hydrogens is 256 g/mol. The first-order valence-corrected chi connectivity index (χ1v) is 6.13. The lowest BCUT2D eigenvalue weighted by atomic mass is 10.2. The highest BCUT2D eigenvalue weighted by molar-refractivity contribution is 6.29. The summed E-state index contributed by atoms with van der Waals surface area (Å²) in [5.74, 6) is -0.168. The van der Waals surface area contributed by atoms with Gasteiger partial charge >= 0.3 is 0 Å². The van der Waals surface area contributed by atoms with Crippen LogP contribution in [0.4, 0.5) is 0 Å². The van der Waals surface area contributed by atoms with Crippen molar-refractivity contribution in [2.45, 2.75) is 13.3 Å². The molecule has 0 aromatic carbocycles. The van der Waals surface area contributed by atoms with Crippen molar-refractivity contribution in [3.05, 3.63) is 28.5 Å². The van der Waals surface area contributed by atoms with Crippen LogP contribution in [-0.2, 0) is 4.74 Å². The maximum Gasteiger partial charge on any atom is 0.253 e. The monoisotopic (exact) mass is 272 g/mol. The summed E-state index contributed by atoms with van der Waals surface area (Å²) < 4.78 is 5.08. The summed E-state index contributed by atoms with van der Waals surface area (Å²) in [6, 6.07) is 3.25. The molecule has 1 amide bonds. The van der Waals surface area contributed by atoms with E-state index in [4.69, 9.17) is 21.4 Å². The molecule has 0 radical (unpaired) electrons. The molecule has 1 aromatic heterocycles. The Kier molecular flexibility index (Phi) is 6.64. The van der Waals surface area contributed by atoms with Crippen LogP contribution in [-0.4, -0.2) is 42.4 Å². The zero-order chi connectivity index (χ0) is 13.4. The first-order chi connectivity index (χ1) is 8.65. The van der Waals surface area contributed by atoms with Crippen molar-refractivity contribution in [1.29, 1.82) is 0 Å². The van der Waals surface area contributed by atoms with Crippen LogP contribution >= 0.6 is 11.6 Å². The minimum Gasteiger partial charge on any atom is -0.394 e. The van der Waals surface area contributed by atoms with E-state index in [1.54, 1.807) is 19.1 Å². The fraction of sp³-hybridized carbons (Fsp3) is 0.500. The number of nitrogens with zero attached hydrogens (tertiary/aromatic N) is 1. The molecule has 0 atom stereocenters. The number of aliphatic hydroxyl groups is 1. The molecule has 1 heterocycles. The number of nitrogens with one attached hydrogen (secondary N) is 1. The van der Waals surface area contributed by atoms with Gasteiger partial charge in [0.15, 0.2) is 0 Å². The van der Waals surface area contributed by atoms with Crippen LogP contribution in [0.25, 0.3) is 0 Å². The Morgan fingerprint density at radius 2 is 2.28 bits per heavy atom. The molecular formula is C12H17ClN2O3. The van der Waals surface area contributed by atoms with E-state index in [9.17, 15) is 4.79 Å². The van der Waals surface area contributed by atoms with Gasteiger partial charge in [-0.2, -0.15) is 0 Å². The molecule has 5 nitrogen and oxygen atoms in total. The van der Waals surface area contributed by atoms with Crippen molar-refractivity contribution in [3.63, 3.8) is 0 Å². The minimum absolute atomic E-state index is 0.0159. The average Bonchev–Trinajstić information content (AvgIpc) is 2.33. The molecule has 1 aromatic rings. The summed E-state index contributed by atoms with van der Waals surface area (Å²) in [6.07, 6.45) is 0.700. The number of rotatable bonds is 7. The largest absolute Gasteiger partial charge is 0.394 e. The number of aromatic nitrogens is 1. The fourth-order valence-corrected chi connectivity index (χ4v) is 1.60. The molecule has 6 heteroatoms. The number of carbonyl (C=O) groups is 1. The summed E-state index contributed by atoms with van der Waals surface area (Å²) >= 11 is 5.72. The minimum atomic E-state index is -0.168. The van der Waals surface area contributed by atoms with Crippen molar-refractivity contribution in [2.24, 2.45) is 0 Å². The van der Waals surface area contributed by atoms with Gasteiger partial charge in [-0.15, -0.1) is 0 Å². The van der Waals surface area contributed by atoms with Crippen molar-refractivity contribution in [2.75, 3.05) is 26.4 Å². The van der Waals surface area contributed by atoms with Gasteiger partial charge in [0.05, 0.1) is 24.5 Å². The van der Waals surface area contributed by atoms with Crippen molar-refractivity contribution in [1.82, 2.24) is 10.3 Å². The molecule has 0 saturated heterocycles. The van der Waals surface area contributed by atoms with Crippen molar-refractivity contribution in [3.8, 4) is 0 Å². The highest BCUT2D eigenvalue weighted by Gasteiger charge is 2.09. The molecule has 0 aliphatic heterocycles. The van der Waals surface area contributed by atoms with E-state index < -0.39 is 0 Å². The van der Waals surface area contributed by atoms with Crippen LogP contribution in [0.5, 0.6) is 0 Å². The van der Waals surface area contributed by atoms with Gasteiger partial charge in [0.25, 0.3) is 5.91 Å². The number of aliphatic hydroxyl groups excluding tert-OH is 1. The van der Waals surface area contributed by atoms with E-state index in [0.717, 1.165) is 0 Å². The predicted octanol–water partition coefficient (Wildman–Crippen LogP) is 1.17. The zero-order valence-corrected chi connectivity index (χ0v) is 11.0. The smallest absolute Gasteiger partial charge is 0.253 e. The van der Waals surface area contributed by atoms with Gasteiger partial charge in [-0.05, 0) is 25.5 Å². The summed E-state index contributed by atoms with van der Waals surface area (Å²) in [7, 11) is 0. The summed E-state index contributed by atoms with van der Waals surface area (Å²) in [6.45, 7) is 3.12. The van der Waals surface area contributed by atoms with Crippen LogP contribution in [0.1, 0.15) is 22.5 Å². The normalized spacial score (nSPS) is 10.4. The molecule has 0 fully saturated rings. The van der Waals surface area contributed by atoms with Crippen molar-refractivity contribution < 1.29 is 14.6 Å². The van der Waals surface area contributed by atoms with E-state index in [2.05, 4.69) is 10.3 Å². The third kappa shape index (κ3) is 5.00. The molecule has 0 aliphatic rings. The molecule has 0 aliphatic carbocycles. The molecule has 0 bridgehead atoms. The third-order valence-corrected chi connectivity index (χ3v) is 2.49. The Labute approximate surface area is 111 Å². The summed E-state index contributed by atoms with van der Waals surface area (Å²) in [4.78, 5) is 15.8. The first kappa shape index (κ1) is 14.9. The Morgan fingerprint density at radius 3 is 2.94 bits per heavy atom. The molecule has 18 heavy (non-hydrogen) atoms. The Hall–Kier alpha value is -1.17. The van der Waals surface area contributed by atoms with Gasteiger partial charge in [-0.1, -0.05) is 11.6 Å². The van der Waals surface area contributed by atoms with Crippen LogP contribution in [0.3, 0.4) is 0 Å². The van der Waals surface area contributed by atoms with Crippen LogP contribution in [0.2, 0.25) is 5.15 Å². The second-order valence-electron chi connectivity index (χ2n) is 3.71. The lowest BCUT2D eigenvalue weighted by molar-refractivity contribution is 0.0867. The van der Waals surface area contributed by atoms with E-state index in [0.29, 0.717) is 42.6 Å². The topological polar surface area (TPSA) is 71.5 Å². The van der Waals surface area contributed by atoms with Gasteiger partial charge < -0.3 is 15.2 Å². The third-order valence-electron chi connectivity index (χ3n) is 2.28. The number of hydrogen-bond acceptors (Lipinski definition) is 4. The number of halogens is 1. The van der Waals surface area contributed by atoms with Crippen LogP contribution in [0.15, 0.2) is 12.1 Å². The molecule has 2 N–H and O–H groups in total. The number of pyridine rings is 1. The van der Waals surface area contributed by atoms with Gasteiger partial charge in [0, 0.05) is 13.2 Å². The molecule has 0 unspecified atom stereocenters. The molecule has 1 rings (SSSR count). The highest BCUT2D eigenvalue weighted by atomic mass is 35.5. The number of hydrogen-bond donors (Lipinski definition) is 2. The lowest BCUT2D eigenvalue weighted by Crippen LogP contribution is -2.26. The van der Waals surface area contributed by atoms with E-state index in [1.807, 2.05) is 0 Å². The SMILES string of the molecule is Cc1nc(Cl)ccc1C(=O)NCCCOCCO. The fourth-order valence-electron chi connectivity index (χ4n) is 1.41. The highest BCUT2D eigenvalue weighted by Crippen LogP contribution is 2.10. The molecule has 0 spiro atoms. The second-order valence-corrected chi connectivity index (χ2v) is 4.10. The standard InChI is InChI=1S/C12H17ClN2O3/c1-9-10(3-4-11(13)15-9)12(17)14-5-2-7-18-8-6-16/h3-4,16H,2,5-8H2,1H3,(H,14,17). The average molecular weight is 273 g/mol. The Bertz CT molecular complexity index is 399. The number of aryl methyl sites for hydroxylation is 1. The number of ether oxygens (including phenoxy) is 1. The first-order valence-electron chi connectivity index (χ1n) is 5.75. The maximum absolute atomic E-state index is 11.8. The van der Waals surface area contributed by atoms with Gasteiger partial charge in [0.2, 0.25) is 0 Å². The van der Waals surface area contributed by atoms with E-state index in [-0.39, 0.29) is 12.5 Å². The van der Waals surface area contributed by atoms with Gasteiger partial charge in [-0.25, -0.2) is 4.98 Å². The van der Waals surface area contributed by atoms with E-state index >= 15 is 0 Å². The number of carbonyl (C=O) groups excluding carboxylic acids is 1. The van der Waals surface area contributed by atoms with Crippen LogP contribution in [0, 0.1) is 6.92 Å². The second kappa shape index (κ2) is 8.02. The Balaban J connectivity index is 2.32. The van der Waals surface area contributed by atoms with Gasteiger partial charge in [-0.3, -0.25) is 4.79 Å². The van der Waals surface area contributed by atoms with Crippen LogP contribution < -0.4 is 5.32 Å². The maximum atomic E-state index is 11.8. The summed E-state index contributed by atoms with van der Waals surface area (Å²) in [5, 5.41) is 11.6. The quantitative estimate of drug-likeness (QED) is 0.577. The van der Waals surface area contributed by atoms with Gasteiger partial charge in [0.1, 0.15) is 5.15 Å². The summed E-state index contributed by atoms with van der Waals surface area (Å²) in [5.41, 5.74) is 1.13. The Morgan fingerprint density at radius 1 is 1.50 bits per heavy atom. The lowest BCUT2D eigenvalue weighted by Gasteiger charge is -2.07. The zero-order valence-electron chi connectivity index (χ0n) is 10.3. The van der Waals surface area contributed by atoms with Crippen molar-refractivity contribution >= 4 is 17.5 Å². The number of amides is 1. The van der Waals surface area contributed by atoms with E-state index in [1.165, 1.54) is 0 Å². The molecule has 0 saturated carbocycles. The molecule has 100 valence electrons.